The molecule has 0 atom stereocenters. The van der Waals surface area contributed by atoms with Gasteiger partial charge >= 0.3 is 7.12 Å². The van der Waals surface area contributed by atoms with E-state index in [0.29, 0.717) is 5.46 Å². The van der Waals surface area contributed by atoms with Crippen LogP contribution in [0.2, 0.25) is 0 Å². The summed E-state index contributed by atoms with van der Waals surface area (Å²) in [6.07, 6.45) is 2.03. The lowest BCUT2D eigenvalue weighted by molar-refractivity contribution is 0.00578. The van der Waals surface area contributed by atoms with Gasteiger partial charge in [0.05, 0.1) is 11.2 Å². The van der Waals surface area contributed by atoms with Crippen LogP contribution in [0.3, 0.4) is 0 Å². The molecule has 2 rings (SSSR count). The van der Waals surface area contributed by atoms with Crippen molar-refractivity contribution < 1.29 is 13.7 Å². The third-order valence-electron chi connectivity index (χ3n) is 3.88. The first-order valence-corrected chi connectivity index (χ1v) is 7.79. The lowest BCUT2D eigenvalue weighted by Gasteiger charge is -2.32. The molecule has 0 amide bonds. The fourth-order valence-electron chi connectivity index (χ4n) is 2.00. The fraction of sp³-hybridized carbons (Fsp3) is 0.571. The normalized spacial score (nSPS) is 20.8. The van der Waals surface area contributed by atoms with Crippen molar-refractivity contribution in [2.45, 2.75) is 44.6 Å². The Morgan fingerprint density at radius 3 is 2.26 bits per heavy atom. The van der Waals surface area contributed by atoms with Crippen LogP contribution in [0.4, 0.5) is 4.39 Å². The Morgan fingerprint density at radius 1 is 1.16 bits per heavy atom. The van der Waals surface area contributed by atoms with Crippen LogP contribution in [0, 0.1) is 5.82 Å². The Hall–Kier alpha value is -0.515. The fourth-order valence-corrected chi connectivity index (χ4v) is 2.51. The van der Waals surface area contributed by atoms with Gasteiger partial charge < -0.3 is 9.31 Å². The summed E-state index contributed by atoms with van der Waals surface area (Å²) in [6.45, 7) is 7.88. The first kappa shape index (κ1) is 14.9. The molecule has 1 aromatic rings. The highest BCUT2D eigenvalue weighted by Crippen LogP contribution is 2.36. The second kappa shape index (κ2) is 5.11. The van der Waals surface area contributed by atoms with Gasteiger partial charge in [-0.15, -0.1) is 0 Å². The SMILES string of the molecule is CSCc1ccc(F)c(B2OC(C)(C)C(C)(C)O2)c1. The molecule has 1 saturated heterocycles. The maximum atomic E-state index is 14.0. The van der Waals surface area contributed by atoms with Crippen LogP contribution in [-0.4, -0.2) is 24.6 Å². The van der Waals surface area contributed by atoms with Crippen molar-refractivity contribution in [3.63, 3.8) is 0 Å². The highest BCUT2D eigenvalue weighted by molar-refractivity contribution is 7.97. The van der Waals surface area contributed by atoms with Crippen LogP contribution >= 0.6 is 11.8 Å². The van der Waals surface area contributed by atoms with E-state index in [1.807, 2.05) is 40.0 Å². The van der Waals surface area contributed by atoms with E-state index in [-0.39, 0.29) is 5.82 Å². The maximum Gasteiger partial charge on any atom is 0.497 e. The molecule has 0 saturated carbocycles. The first-order valence-electron chi connectivity index (χ1n) is 6.40. The van der Waals surface area contributed by atoms with Crippen molar-refractivity contribution in [1.82, 2.24) is 0 Å². The van der Waals surface area contributed by atoms with E-state index in [2.05, 4.69) is 0 Å². The van der Waals surface area contributed by atoms with Gasteiger partial charge in [-0.05, 0) is 45.6 Å². The molecule has 0 radical (unpaired) electrons. The van der Waals surface area contributed by atoms with Crippen molar-refractivity contribution in [2.75, 3.05) is 6.26 Å². The van der Waals surface area contributed by atoms with Crippen molar-refractivity contribution in [1.29, 1.82) is 0 Å². The van der Waals surface area contributed by atoms with Crippen LogP contribution in [0.25, 0.3) is 0 Å². The lowest BCUT2D eigenvalue weighted by Crippen LogP contribution is -2.41. The van der Waals surface area contributed by atoms with E-state index in [1.165, 1.54) is 6.07 Å². The number of benzene rings is 1. The molecule has 0 aliphatic carbocycles. The molecule has 5 heteroatoms. The Balaban J connectivity index is 2.31. The Bertz CT molecular complexity index is 461. The summed E-state index contributed by atoms with van der Waals surface area (Å²) >= 11 is 1.71. The van der Waals surface area contributed by atoms with Gasteiger partial charge in [0.25, 0.3) is 0 Å². The Morgan fingerprint density at radius 2 is 1.74 bits per heavy atom. The summed E-state index contributed by atoms with van der Waals surface area (Å²) < 4.78 is 25.8. The molecule has 104 valence electrons. The van der Waals surface area contributed by atoms with Gasteiger partial charge in [-0.25, -0.2) is 4.39 Å². The minimum atomic E-state index is -0.633. The van der Waals surface area contributed by atoms with E-state index in [9.17, 15) is 4.39 Å². The highest BCUT2D eigenvalue weighted by Gasteiger charge is 2.52. The van der Waals surface area contributed by atoms with Crippen LogP contribution < -0.4 is 5.46 Å². The van der Waals surface area contributed by atoms with Gasteiger partial charge in [0.1, 0.15) is 5.82 Å². The Labute approximate surface area is 119 Å². The lowest BCUT2D eigenvalue weighted by atomic mass is 9.78. The molecule has 1 heterocycles. The van der Waals surface area contributed by atoms with Gasteiger partial charge in [-0.1, -0.05) is 12.1 Å². The number of halogens is 1. The first-order chi connectivity index (χ1) is 8.77. The van der Waals surface area contributed by atoms with Crippen molar-refractivity contribution >= 4 is 24.3 Å². The van der Waals surface area contributed by atoms with E-state index in [0.717, 1.165) is 11.3 Å². The van der Waals surface area contributed by atoms with Crippen molar-refractivity contribution in [2.24, 2.45) is 0 Å². The van der Waals surface area contributed by atoms with E-state index >= 15 is 0 Å². The zero-order valence-corrected chi connectivity index (χ0v) is 12.9. The molecule has 19 heavy (non-hydrogen) atoms. The molecule has 0 spiro atoms. The number of rotatable bonds is 3. The second-order valence-electron chi connectivity index (χ2n) is 5.88. The van der Waals surface area contributed by atoms with E-state index in [1.54, 1.807) is 17.8 Å². The zero-order valence-electron chi connectivity index (χ0n) is 12.1. The predicted octanol–water partition coefficient (Wildman–Crippen LogP) is 2.99. The topological polar surface area (TPSA) is 18.5 Å². The second-order valence-corrected chi connectivity index (χ2v) is 6.74. The van der Waals surface area contributed by atoms with E-state index < -0.39 is 18.3 Å². The Kier molecular flexibility index (Phi) is 4.01. The van der Waals surface area contributed by atoms with Gasteiger partial charge in [0.2, 0.25) is 0 Å². The van der Waals surface area contributed by atoms with Crippen molar-refractivity contribution in [3.05, 3.63) is 29.6 Å². The summed E-state index contributed by atoms with van der Waals surface area (Å²) in [7, 11) is -0.633. The average Bonchev–Trinajstić information content (AvgIpc) is 2.51. The summed E-state index contributed by atoms with van der Waals surface area (Å²) in [6, 6.07) is 5.14. The molecule has 1 aliphatic heterocycles. The minimum Gasteiger partial charge on any atom is -0.399 e. The van der Waals surface area contributed by atoms with Gasteiger partial charge in [0.15, 0.2) is 0 Å². The monoisotopic (exact) mass is 282 g/mol. The molecule has 0 bridgehead atoms. The molecule has 1 aromatic carbocycles. The minimum absolute atomic E-state index is 0.275. The molecular weight excluding hydrogens is 262 g/mol. The maximum absolute atomic E-state index is 14.0. The van der Waals surface area contributed by atoms with Gasteiger partial charge in [-0.3, -0.25) is 0 Å². The van der Waals surface area contributed by atoms with Crippen LogP contribution in [0.1, 0.15) is 33.3 Å². The number of hydrogen-bond donors (Lipinski definition) is 0. The third-order valence-corrected chi connectivity index (χ3v) is 4.50. The van der Waals surface area contributed by atoms with Crippen LogP contribution in [0.5, 0.6) is 0 Å². The molecule has 0 N–H and O–H groups in total. The third kappa shape index (κ3) is 2.83. The summed E-state index contributed by atoms with van der Waals surface area (Å²) in [4.78, 5) is 0. The smallest absolute Gasteiger partial charge is 0.399 e. The summed E-state index contributed by atoms with van der Waals surface area (Å²) in [5, 5.41) is 0. The summed E-state index contributed by atoms with van der Waals surface area (Å²) in [5.74, 6) is 0.579. The molecule has 0 unspecified atom stereocenters. The zero-order chi connectivity index (χ0) is 14.3. The van der Waals surface area contributed by atoms with Crippen molar-refractivity contribution in [3.8, 4) is 0 Å². The van der Waals surface area contributed by atoms with Gasteiger partial charge in [0, 0.05) is 11.2 Å². The number of hydrogen-bond acceptors (Lipinski definition) is 3. The number of thioether (sulfide) groups is 1. The predicted molar refractivity (Wildman–Crippen MR) is 79.3 cm³/mol. The molecule has 1 fully saturated rings. The molecule has 2 nitrogen and oxygen atoms in total. The largest absolute Gasteiger partial charge is 0.497 e. The summed E-state index contributed by atoms with van der Waals surface area (Å²) in [5.41, 5.74) is 0.683. The molecular formula is C14H20BFO2S. The van der Waals surface area contributed by atoms with Crippen LogP contribution in [0.15, 0.2) is 18.2 Å². The van der Waals surface area contributed by atoms with Gasteiger partial charge in [-0.2, -0.15) is 11.8 Å². The van der Waals surface area contributed by atoms with Crippen LogP contribution in [-0.2, 0) is 15.1 Å². The average molecular weight is 282 g/mol. The molecule has 1 aliphatic rings. The van der Waals surface area contributed by atoms with E-state index in [4.69, 9.17) is 9.31 Å². The quantitative estimate of drug-likeness (QED) is 0.794. The molecule has 0 aromatic heterocycles. The standard InChI is InChI=1S/C14H20BFO2S/c1-13(2)14(3,4)18-15(17-13)11-8-10(9-19-5)6-7-12(11)16/h6-8H,9H2,1-5H3. The highest BCUT2D eigenvalue weighted by atomic mass is 32.2.